The van der Waals surface area contributed by atoms with Gasteiger partial charge >= 0.3 is 0 Å². The molecule has 2 N–H and O–H groups in total. The third kappa shape index (κ3) is 2.44. The number of anilines is 2. The van der Waals surface area contributed by atoms with Crippen molar-refractivity contribution in [2.24, 2.45) is 0 Å². The molecule has 0 aliphatic heterocycles. The Morgan fingerprint density at radius 2 is 2.00 bits per heavy atom. The van der Waals surface area contributed by atoms with Crippen LogP contribution in [-0.4, -0.2) is 11.0 Å². The van der Waals surface area contributed by atoms with Gasteiger partial charge in [0.05, 0.1) is 0 Å². The number of hydrogen-bond donors (Lipinski definition) is 1. The number of para-hydroxylation sites is 2. The number of benzene rings is 2. The lowest BCUT2D eigenvalue weighted by molar-refractivity contribution is 0.561. The van der Waals surface area contributed by atoms with Gasteiger partial charge in [-0.05, 0) is 42.7 Å². The van der Waals surface area contributed by atoms with E-state index in [1.165, 1.54) is 18.4 Å². The van der Waals surface area contributed by atoms with Crippen molar-refractivity contribution < 1.29 is 4.42 Å². The Balaban J connectivity index is 1.68. The lowest BCUT2D eigenvalue weighted by atomic mass is 10.2. The number of nitrogens with zero attached hydrogens (tertiary/aromatic N) is 2. The summed E-state index contributed by atoms with van der Waals surface area (Å²) in [6.07, 6.45) is 2.39. The molecule has 0 atom stereocenters. The van der Waals surface area contributed by atoms with Gasteiger partial charge in [-0.2, -0.15) is 4.98 Å². The van der Waals surface area contributed by atoms with E-state index in [4.69, 9.17) is 10.2 Å². The number of hydrogen-bond acceptors (Lipinski definition) is 4. The predicted octanol–water partition coefficient (Wildman–Crippen LogP) is 3.58. The van der Waals surface area contributed by atoms with E-state index in [0.29, 0.717) is 12.1 Å². The summed E-state index contributed by atoms with van der Waals surface area (Å²) in [4.78, 5) is 6.87. The third-order valence-electron chi connectivity index (χ3n) is 3.82. The summed E-state index contributed by atoms with van der Waals surface area (Å²) >= 11 is 0. The molecule has 0 amide bonds. The first-order chi connectivity index (χ1) is 10.3. The largest absolute Gasteiger partial charge is 0.423 e. The van der Waals surface area contributed by atoms with Crippen molar-refractivity contribution in [2.45, 2.75) is 25.4 Å². The molecule has 4 rings (SSSR count). The SMILES string of the molecule is Nc1cccc(CN(c2nc3ccccc3o2)C2CC2)c1. The monoisotopic (exact) mass is 279 g/mol. The van der Waals surface area contributed by atoms with E-state index in [9.17, 15) is 0 Å². The average molecular weight is 279 g/mol. The molecule has 1 saturated carbocycles. The van der Waals surface area contributed by atoms with E-state index in [2.05, 4.69) is 16.0 Å². The number of aromatic nitrogens is 1. The maximum absolute atomic E-state index is 5.92. The highest BCUT2D eigenvalue weighted by Gasteiger charge is 2.32. The lowest BCUT2D eigenvalue weighted by Gasteiger charge is -2.20. The Hall–Kier alpha value is -2.49. The quantitative estimate of drug-likeness (QED) is 0.742. The number of nitrogens with two attached hydrogens (primary N) is 1. The lowest BCUT2D eigenvalue weighted by Crippen LogP contribution is -2.25. The molecule has 1 fully saturated rings. The van der Waals surface area contributed by atoms with E-state index >= 15 is 0 Å². The molecule has 0 unspecified atom stereocenters. The van der Waals surface area contributed by atoms with Gasteiger partial charge in [0.2, 0.25) is 0 Å². The second kappa shape index (κ2) is 4.81. The Bertz CT molecular complexity index is 743. The molecule has 0 bridgehead atoms. The predicted molar refractivity (Wildman–Crippen MR) is 84.1 cm³/mol. The molecule has 0 saturated heterocycles. The Kier molecular flexibility index (Phi) is 2.81. The van der Waals surface area contributed by atoms with Crippen LogP contribution in [0.4, 0.5) is 11.7 Å². The van der Waals surface area contributed by atoms with Crippen LogP contribution in [-0.2, 0) is 6.54 Å². The van der Waals surface area contributed by atoms with Gasteiger partial charge in [-0.1, -0.05) is 24.3 Å². The van der Waals surface area contributed by atoms with Gasteiger partial charge in [0.15, 0.2) is 5.58 Å². The smallest absolute Gasteiger partial charge is 0.298 e. The molecular formula is C17H17N3O. The molecule has 3 aromatic rings. The van der Waals surface area contributed by atoms with Crippen LogP contribution in [0.3, 0.4) is 0 Å². The van der Waals surface area contributed by atoms with Crippen molar-refractivity contribution >= 4 is 22.8 Å². The van der Waals surface area contributed by atoms with Gasteiger partial charge in [0, 0.05) is 18.3 Å². The molecule has 4 nitrogen and oxygen atoms in total. The van der Waals surface area contributed by atoms with Gasteiger partial charge in [-0.15, -0.1) is 0 Å². The molecule has 4 heteroatoms. The zero-order chi connectivity index (χ0) is 14.2. The van der Waals surface area contributed by atoms with Crippen molar-refractivity contribution in [3.63, 3.8) is 0 Å². The molecule has 106 valence electrons. The number of nitrogen functional groups attached to an aromatic ring is 1. The normalized spacial score (nSPS) is 14.5. The van der Waals surface area contributed by atoms with Gasteiger partial charge in [0.25, 0.3) is 6.01 Å². The van der Waals surface area contributed by atoms with Crippen molar-refractivity contribution in [1.29, 1.82) is 0 Å². The van der Waals surface area contributed by atoms with Crippen LogP contribution < -0.4 is 10.6 Å². The second-order valence-corrected chi connectivity index (χ2v) is 5.57. The van der Waals surface area contributed by atoms with Gasteiger partial charge in [-0.25, -0.2) is 0 Å². The van der Waals surface area contributed by atoms with Crippen LogP contribution in [0.5, 0.6) is 0 Å². The van der Waals surface area contributed by atoms with Crippen molar-refractivity contribution in [3.05, 3.63) is 54.1 Å². The van der Waals surface area contributed by atoms with Gasteiger partial charge in [-0.3, -0.25) is 0 Å². The van der Waals surface area contributed by atoms with Crippen LogP contribution in [0.25, 0.3) is 11.1 Å². The molecule has 0 radical (unpaired) electrons. The minimum absolute atomic E-state index is 0.527. The van der Waals surface area contributed by atoms with Crippen LogP contribution in [0.15, 0.2) is 52.9 Å². The molecule has 2 aromatic carbocycles. The van der Waals surface area contributed by atoms with E-state index in [1.807, 2.05) is 42.5 Å². The van der Waals surface area contributed by atoms with Crippen molar-refractivity contribution in [2.75, 3.05) is 10.6 Å². The number of fused-ring (bicyclic) bond motifs is 1. The summed E-state index contributed by atoms with van der Waals surface area (Å²) in [5, 5.41) is 0. The molecule has 21 heavy (non-hydrogen) atoms. The van der Waals surface area contributed by atoms with E-state index in [1.54, 1.807) is 0 Å². The molecular weight excluding hydrogens is 262 g/mol. The first-order valence-electron chi connectivity index (χ1n) is 7.26. The number of rotatable bonds is 4. The fraction of sp³-hybridized carbons (Fsp3) is 0.235. The summed E-state index contributed by atoms with van der Waals surface area (Å²) in [5.41, 5.74) is 9.59. The standard InChI is InChI=1S/C17H17N3O/c18-13-5-3-4-12(10-13)11-20(14-8-9-14)17-19-15-6-1-2-7-16(15)21-17/h1-7,10,14H,8-9,11,18H2. The Morgan fingerprint density at radius 1 is 1.14 bits per heavy atom. The first-order valence-corrected chi connectivity index (χ1v) is 7.26. The minimum Gasteiger partial charge on any atom is -0.423 e. The summed E-state index contributed by atoms with van der Waals surface area (Å²) in [6, 6.07) is 17.1. The van der Waals surface area contributed by atoms with Crippen LogP contribution in [0.1, 0.15) is 18.4 Å². The van der Waals surface area contributed by atoms with Crippen LogP contribution in [0, 0.1) is 0 Å². The van der Waals surface area contributed by atoms with E-state index < -0.39 is 0 Å². The van der Waals surface area contributed by atoms with Gasteiger partial charge in [0.1, 0.15) is 5.52 Å². The van der Waals surface area contributed by atoms with Gasteiger partial charge < -0.3 is 15.1 Å². The summed E-state index contributed by atoms with van der Waals surface area (Å²) in [7, 11) is 0. The minimum atomic E-state index is 0.527. The highest BCUT2D eigenvalue weighted by atomic mass is 16.4. The van der Waals surface area contributed by atoms with Crippen LogP contribution >= 0.6 is 0 Å². The molecule has 1 heterocycles. The zero-order valence-electron chi connectivity index (χ0n) is 11.7. The van der Waals surface area contributed by atoms with Crippen molar-refractivity contribution in [3.8, 4) is 0 Å². The number of oxazole rings is 1. The first kappa shape index (κ1) is 12.3. The molecule has 1 aromatic heterocycles. The Labute approximate surface area is 123 Å². The summed E-state index contributed by atoms with van der Waals surface area (Å²) < 4.78 is 5.92. The Morgan fingerprint density at radius 3 is 2.76 bits per heavy atom. The fourth-order valence-electron chi connectivity index (χ4n) is 2.61. The maximum Gasteiger partial charge on any atom is 0.298 e. The van der Waals surface area contributed by atoms with Crippen LogP contribution in [0.2, 0.25) is 0 Å². The van der Waals surface area contributed by atoms with Crippen molar-refractivity contribution in [1.82, 2.24) is 4.98 Å². The molecule has 0 spiro atoms. The molecule has 1 aliphatic carbocycles. The van der Waals surface area contributed by atoms with E-state index in [0.717, 1.165) is 23.3 Å². The molecule has 1 aliphatic rings. The average Bonchev–Trinajstić information content (AvgIpc) is 3.23. The summed E-state index contributed by atoms with van der Waals surface area (Å²) in [5.74, 6) is 0. The van der Waals surface area contributed by atoms with E-state index in [-0.39, 0.29) is 0 Å². The maximum atomic E-state index is 5.92. The summed E-state index contributed by atoms with van der Waals surface area (Å²) in [6.45, 7) is 0.780. The second-order valence-electron chi connectivity index (χ2n) is 5.57. The zero-order valence-corrected chi connectivity index (χ0v) is 11.7. The topological polar surface area (TPSA) is 55.3 Å². The third-order valence-corrected chi connectivity index (χ3v) is 3.82. The fourth-order valence-corrected chi connectivity index (χ4v) is 2.61. The highest BCUT2D eigenvalue weighted by Crippen LogP contribution is 2.34. The highest BCUT2D eigenvalue weighted by molar-refractivity contribution is 5.74.